The monoisotopic (exact) mass is 309 g/mol. The first-order valence-corrected chi connectivity index (χ1v) is 7.56. The van der Waals surface area contributed by atoms with Crippen LogP contribution in [0.25, 0.3) is 11.1 Å². The molecule has 1 aliphatic heterocycles. The fourth-order valence-corrected chi connectivity index (χ4v) is 3.11. The van der Waals surface area contributed by atoms with Crippen molar-refractivity contribution in [2.24, 2.45) is 4.99 Å². The topological polar surface area (TPSA) is 43.3 Å². The van der Waals surface area contributed by atoms with Crippen molar-refractivity contribution in [3.63, 3.8) is 0 Å². The highest BCUT2D eigenvalue weighted by atomic mass is 19.1. The van der Waals surface area contributed by atoms with Crippen LogP contribution in [0.2, 0.25) is 0 Å². The van der Waals surface area contributed by atoms with Crippen LogP contribution in [0.4, 0.5) is 10.2 Å². The Labute approximate surface area is 133 Å². The van der Waals surface area contributed by atoms with Gasteiger partial charge in [-0.25, -0.2) is 14.1 Å². The third-order valence-electron chi connectivity index (χ3n) is 4.15. The molecule has 2 aromatic heterocycles. The molecule has 0 amide bonds. The van der Waals surface area contributed by atoms with Crippen LogP contribution in [-0.4, -0.2) is 15.5 Å². The maximum Gasteiger partial charge on any atom is 0.159 e. The molecule has 23 heavy (non-hydrogen) atoms. The second-order valence-electron chi connectivity index (χ2n) is 5.82. The van der Waals surface area contributed by atoms with Crippen molar-refractivity contribution in [3.8, 4) is 11.1 Å². The van der Waals surface area contributed by atoms with Gasteiger partial charge in [-0.05, 0) is 43.7 Å². The third kappa shape index (κ3) is 2.29. The van der Waals surface area contributed by atoms with Crippen molar-refractivity contribution in [3.05, 3.63) is 59.9 Å². The van der Waals surface area contributed by atoms with Gasteiger partial charge in [-0.15, -0.1) is 0 Å². The highest BCUT2D eigenvalue weighted by molar-refractivity contribution is 5.89. The van der Waals surface area contributed by atoms with E-state index in [1.54, 1.807) is 18.4 Å². The Balaban J connectivity index is 1.90. The molecule has 0 saturated heterocycles. The second kappa shape index (κ2) is 5.19. The first-order valence-electron chi connectivity index (χ1n) is 7.56. The molecule has 0 N–H and O–H groups in total. The van der Waals surface area contributed by atoms with E-state index < -0.39 is 0 Å². The number of hydrogen-bond acceptors (Lipinski definition) is 3. The van der Waals surface area contributed by atoms with E-state index in [0.717, 1.165) is 40.5 Å². The lowest BCUT2D eigenvalue weighted by Crippen LogP contribution is -2.18. The molecule has 0 radical (unpaired) electrons. The molecule has 1 unspecified atom stereocenters. The Morgan fingerprint density at radius 1 is 1.17 bits per heavy atom. The lowest BCUT2D eigenvalue weighted by molar-refractivity contribution is 0.409. The lowest BCUT2D eigenvalue weighted by Gasteiger charge is -2.21. The smallest absolute Gasteiger partial charge is 0.159 e. The summed E-state index contributed by atoms with van der Waals surface area (Å²) in [5.74, 6) is 1.42. The number of aryl methyl sites for hydroxylation is 1. The highest BCUT2D eigenvalue weighted by Crippen LogP contribution is 2.40. The van der Waals surface area contributed by atoms with Crippen molar-refractivity contribution in [2.75, 3.05) is 0 Å². The van der Waals surface area contributed by atoms with Crippen LogP contribution in [0.1, 0.15) is 30.8 Å². The number of halogens is 1. The molecule has 3 heterocycles. The largest absolute Gasteiger partial charge is 0.467 e. The zero-order chi connectivity index (χ0) is 16.0. The van der Waals surface area contributed by atoms with E-state index in [0.29, 0.717) is 0 Å². The molecule has 0 spiro atoms. The molecular weight excluding hydrogens is 293 g/mol. The van der Waals surface area contributed by atoms with E-state index in [9.17, 15) is 4.39 Å². The standard InChI is InChI=1S/C18H16FN3O/c1-11-10-15(16-4-3-9-23-16)22-18(20-11)17(12(2)21-22)13-5-7-14(19)8-6-13/h3-9,15H,10H2,1-2H3. The molecule has 116 valence electrons. The van der Waals surface area contributed by atoms with Gasteiger partial charge < -0.3 is 4.42 Å². The first-order chi connectivity index (χ1) is 11.1. The summed E-state index contributed by atoms with van der Waals surface area (Å²) in [6, 6.07) is 10.3. The van der Waals surface area contributed by atoms with Gasteiger partial charge in [-0.2, -0.15) is 5.10 Å². The van der Waals surface area contributed by atoms with E-state index in [1.165, 1.54) is 12.1 Å². The molecule has 4 rings (SSSR count). The zero-order valence-corrected chi connectivity index (χ0v) is 13.0. The Kier molecular flexibility index (Phi) is 3.15. The second-order valence-corrected chi connectivity index (χ2v) is 5.82. The van der Waals surface area contributed by atoms with Gasteiger partial charge in [0.25, 0.3) is 0 Å². The van der Waals surface area contributed by atoms with Gasteiger partial charge >= 0.3 is 0 Å². The molecule has 5 heteroatoms. The van der Waals surface area contributed by atoms with Gasteiger partial charge in [0.15, 0.2) is 5.82 Å². The molecule has 1 atom stereocenters. The number of furan rings is 1. The van der Waals surface area contributed by atoms with E-state index in [4.69, 9.17) is 9.41 Å². The molecular formula is C18H16FN3O. The van der Waals surface area contributed by atoms with Crippen LogP contribution in [0.15, 0.2) is 52.1 Å². The van der Waals surface area contributed by atoms with Crippen molar-refractivity contribution in [1.82, 2.24) is 9.78 Å². The van der Waals surface area contributed by atoms with Crippen molar-refractivity contribution in [2.45, 2.75) is 26.3 Å². The number of aromatic nitrogens is 2. The summed E-state index contributed by atoms with van der Waals surface area (Å²) < 4.78 is 20.7. The average Bonchev–Trinajstić information content (AvgIpc) is 3.15. The van der Waals surface area contributed by atoms with Crippen LogP contribution in [-0.2, 0) is 0 Å². The Bertz CT molecular complexity index is 876. The van der Waals surface area contributed by atoms with Gasteiger partial charge in [0, 0.05) is 17.7 Å². The summed E-state index contributed by atoms with van der Waals surface area (Å²) in [5, 5.41) is 4.68. The van der Waals surface area contributed by atoms with Gasteiger partial charge in [-0.3, -0.25) is 0 Å². The van der Waals surface area contributed by atoms with Gasteiger partial charge in [0.2, 0.25) is 0 Å². The fourth-order valence-electron chi connectivity index (χ4n) is 3.11. The highest BCUT2D eigenvalue weighted by Gasteiger charge is 2.29. The summed E-state index contributed by atoms with van der Waals surface area (Å²) in [6.45, 7) is 3.96. The van der Waals surface area contributed by atoms with Crippen molar-refractivity contribution < 1.29 is 8.81 Å². The summed E-state index contributed by atoms with van der Waals surface area (Å²) in [4.78, 5) is 4.71. The van der Waals surface area contributed by atoms with E-state index in [-0.39, 0.29) is 11.9 Å². The molecule has 0 aliphatic carbocycles. The number of aliphatic imine (C=N–C) groups is 1. The minimum absolute atomic E-state index is 0.00500. The fraction of sp³-hybridized carbons (Fsp3) is 0.222. The molecule has 0 bridgehead atoms. The zero-order valence-electron chi connectivity index (χ0n) is 13.0. The number of rotatable bonds is 2. The van der Waals surface area contributed by atoms with Gasteiger partial charge in [0.1, 0.15) is 17.6 Å². The summed E-state index contributed by atoms with van der Waals surface area (Å²) in [7, 11) is 0. The minimum atomic E-state index is -0.249. The summed E-state index contributed by atoms with van der Waals surface area (Å²) in [5.41, 5.74) is 3.77. The molecule has 1 aliphatic rings. The van der Waals surface area contributed by atoms with Crippen LogP contribution < -0.4 is 0 Å². The molecule has 4 nitrogen and oxygen atoms in total. The number of fused-ring (bicyclic) bond motifs is 1. The van der Waals surface area contributed by atoms with Crippen molar-refractivity contribution in [1.29, 1.82) is 0 Å². The van der Waals surface area contributed by atoms with Crippen LogP contribution in [0.3, 0.4) is 0 Å². The predicted octanol–water partition coefficient (Wildman–Crippen LogP) is 4.68. The van der Waals surface area contributed by atoms with Crippen LogP contribution in [0.5, 0.6) is 0 Å². The third-order valence-corrected chi connectivity index (χ3v) is 4.15. The average molecular weight is 309 g/mol. The van der Waals surface area contributed by atoms with Crippen LogP contribution in [0, 0.1) is 12.7 Å². The summed E-state index contributed by atoms with van der Waals surface area (Å²) >= 11 is 0. The maximum absolute atomic E-state index is 13.2. The quantitative estimate of drug-likeness (QED) is 0.690. The Morgan fingerprint density at radius 2 is 1.96 bits per heavy atom. The normalized spacial score (nSPS) is 17.0. The first kappa shape index (κ1) is 13.9. The SMILES string of the molecule is CC1=Nc2c(-c3ccc(F)cc3)c(C)nn2C(c2ccco2)C1. The number of hydrogen-bond donors (Lipinski definition) is 0. The molecule has 3 aromatic rings. The number of benzene rings is 1. The van der Waals surface area contributed by atoms with Crippen molar-refractivity contribution >= 4 is 11.5 Å². The van der Waals surface area contributed by atoms with Gasteiger partial charge in [-0.1, -0.05) is 12.1 Å². The van der Waals surface area contributed by atoms with E-state index in [2.05, 4.69) is 5.10 Å². The number of nitrogens with zero attached hydrogens (tertiary/aromatic N) is 3. The summed E-state index contributed by atoms with van der Waals surface area (Å²) in [6.07, 6.45) is 2.44. The molecule has 0 saturated carbocycles. The van der Waals surface area contributed by atoms with Gasteiger partial charge in [0.05, 0.1) is 12.0 Å². The van der Waals surface area contributed by atoms with E-state index >= 15 is 0 Å². The predicted molar refractivity (Wildman–Crippen MR) is 86.6 cm³/mol. The van der Waals surface area contributed by atoms with Crippen LogP contribution >= 0.6 is 0 Å². The lowest BCUT2D eigenvalue weighted by atomic mass is 10.0. The Morgan fingerprint density at radius 3 is 2.65 bits per heavy atom. The minimum Gasteiger partial charge on any atom is -0.467 e. The molecule has 1 aromatic carbocycles. The maximum atomic E-state index is 13.2. The Hall–Kier alpha value is -2.69. The van der Waals surface area contributed by atoms with E-state index in [1.807, 2.05) is 30.7 Å². The molecule has 0 fully saturated rings.